The quantitative estimate of drug-likeness (QED) is 0.690. The molecule has 1 aliphatic carbocycles. The Bertz CT molecular complexity index is 787. The van der Waals surface area contributed by atoms with Gasteiger partial charge in [0.15, 0.2) is 0 Å². The Balaban J connectivity index is 1.98. The van der Waals surface area contributed by atoms with Crippen LogP contribution in [0.25, 0.3) is 22.4 Å². The lowest BCUT2D eigenvalue weighted by molar-refractivity contribution is 0.172. The molecule has 2 aromatic carbocycles. The average molecular weight is 275 g/mol. The molecule has 0 spiro atoms. The highest BCUT2D eigenvalue weighted by molar-refractivity contribution is 5.80. The number of aryl methyl sites for hydroxylation is 1. The molecule has 0 amide bonds. The van der Waals surface area contributed by atoms with Crippen molar-refractivity contribution >= 4 is 0 Å². The molecule has 0 bridgehead atoms. The third-order valence-corrected chi connectivity index (χ3v) is 4.28. The Morgan fingerprint density at radius 2 is 1.62 bits per heavy atom. The maximum atomic E-state index is 5.59. The zero-order chi connectivity index (χ0) is 14.2. The molecule has 0 aliphatic heterocycles. The normalized spacial score (nSPS) is 12.6. The second-order valence-corrected chi connectivity index (χ2v) is 5.40. The first-order valence-electron chi connectivity index (χ1n) is 7.31. The summed E-state index contributed by atoms with van der Waals surface area (Å²) in [6.45, 7) is 0. The molecule has 0 saturated heterocycles. The van der Waals surface area contributed by atoms with E-state index in [2.05, 4.69) is 60.8 Å². The summed E-state index contributed by atoms with van der Waals surface area (Å²) >= 11 is 0. The zero-order valence-electron chi connectivity index (χ0n) is 12.0. The molecule has 0 atom stereocenters. The Labute approximate surface area is 124 Å². The van der Waals surface area contributed by atoms with Gasteiger partial charge in [0.1, 0.15) is 7.11 Å². The largest absolute Gasteiger partial charge is 0.417 e. The maximum absolute atomic E-state index is 5.59. The fraction of sp³-hybridized carbons (Fsp3) is 0.158. The van der Waals surface area contributed by atoms with E-state index < -0.39 is 0 Å². The molecule has 0 saturated carbocycles. The van der Waals surface area contributed by atoms with Crippen LogP contribution in [-0.2, 0) is 12.8 Å². The van der Waals surface area contributed by atoms with E-state index in [0.29, 0.717) is 0 Å². The van der Waals surface area contributed by atoms with E-state index in [1.807, 2.05) is 4.73 Å². The third kappa shape index (κ3) is 1.87. The van der Waals surface area contributed by atoms with Crippen LogP contribution in [0.2, 0.25) is 0 Å². The maximum Gasteiger partial charge on any atom is 0.104 e. The molecule has 104 valence electrons. The van der Waals surface area contributed by atoms with Crippen LogP contribution in [0.3, 0.4) is 0 Å². The minimum Gasteiger partial charge on any atom is -0.417 e. The van der Waals surface area contributed by atoms with E-state index >= 15 is 0 Å². The minimum absolute atomic E-state index is 1.06. The van der Waals surface area contributed by atoms with E-state index in [4.69, 9.17) is 4.84 Å². The van der Waals surface area contributed by atoms with Gasteiger partial charge in [-0.05, 0) is 29.5 Å². The Morgan fingerprint density at radius 1 is 0.857 bits per heavy atom. The third-order valence-electron chi connectivity index (χ3n) is 4.28. The van der Waals surface area contributed by atoms with E-state index in [1.165, 1.54) is 33.5 Å². The van der Waals surface area contributed by atoms with Gasteiger partial charge in [-0.2, -0.15) is 4.73 Å². The molecule has 0 N–H and O–H groups in total. The first-order chi connectivity index (χ1) is 10.4. The van der Waals surface area contributed by atoms with Crippen molar-refractivity contribution in [3.63, 3.8) is 0 Å². The predicted octanol–water partition coefficient (Wildman–Crippen LogP) is 3.98. The van der Waals surface area contributed by atoms with Gasteiger partial charge in [0.25, 0.3) is 0 Å². The van der Waals surface area contributed by atoms with Gasteiger partial charge in [0.2, 0.25) is 0 Å². The number of nitrogens with zero attached hydrogens (tertiary/aromatic N) is 1. The standard InChI is InChI=1S/C19H17NO/c1-21-20-13-18(14-7-3-2-4-8-14)17-12-11-15-9-5-6-10-16(15)19(17)20/h2-10,13H,11-12H2,1H3. The van der Waals surface area contributed by atoms with Crippen molar-refractivity contribution in [2.24, 2.45) is 0 Å². The lowest BCUT2D eigenvalue weighted by Gasteiger charge is -2.19. The van der Waals surface area contributed by atoms with Crippen LogP contribution in [0.4, 0.5) is 0 Å². The molecular weight excluding hydrogens is 258 g/mol. The average Bonchev–Trinajstić information content (AvgIpc) is 2.95. The van der Waals surface area contributed by atoms with Crippen molar-refractivity contribution in [2.45, 2.75) is 12.8 Å². The highest BCUT2D eigenvalue weighted by atomic mass is 16.6. The van der Waals surface area contributed by atoms with E-state index in [9.17, 15) is 0 Å². The van der Waals surface area contributed by atoms with Crippen LogP contribution in [-0.4, -0.2) is 11.8 Å². The van der Waals surface area contributed by atoms with Gasteiger partial charge in [-0.3, -0.25) is 0 Å². The molecule has 2 nitrogen and oxygen atoms in total. The van der Waals surface area contributed by atoms with E-state index in [1.54, 1.807) is 7.11 Å². The van der Waals surface area contributed by atoms with Crippen LogP contribution in [0.1, 0.15) is 11.1 Å². The smallest absolute Gasteiger partial charge is 0.104 e. The molecule has 0 radical (unpaired) electrons. The Hall–Kier alpha value is -2.48. The molecule has 0 fully saturated rings. The van der Waals surface area contributed by atoms with Gasteiger partial charge >= 0.3 is 0 Å². The van der Waals surface area contributed by atoms with Crippen LogP contribution in [0, 0.1) is 0 Å². The molecule has 21 heavy (non-hydrogen) atoms. The summed E-state index contributed by atoms with van der Waals surface area (Å²) in [6, 6.07) is 19.2. The lowest BCUT2D eigenvalue weighted by atomic mass is 9.87. The van der Waals surface area contributed by atoms with Gasteiger partial charge < -0.3 is 4.84 Å². The molecule has 1 heterocycles. The fourth-order valence-corrected chi connectivity index (χ4v) is 3.29. The summed E-state index contributed by atoms with van der Waals surface area (Å²) in [6.07, 6.45) is 4.27. The second-order valence-electron chi connectivity index (χ2n) is 5.40. The van der Waals surface area contributed by atoms with Crippen LogP contribution in [0.5, 0.6) is 0 Å². The van der Waals surface area contributed by atoms with Crippen molar-refractivity contribution in [3.05, 3.63) is 71.9 Å². The first-order valence-corrected chi connectivity index (χ1v) is 7.31. The van der Waals surface area contributed by atoms with Crippen molar-refractivity contribution in [3.8, 4) is 22.4 Å². The highest BCUT2D eigenvalue weighted by Crippen LogP contribution is 2.39. The summed E-state index contributed by atoms with van der Waals surface area (Å²) in [5, 5.41) is 0. The van der Waals surface area contributed by atoms with Crippen molar-refractivity contribution < 1.29 is 4.84 Å². The summed E-state index contributed by atoms with van der Waals surface area (Å²) in [4.78, 5) is 5.59. The monoisotopic (exact) mass is 275 g/mol. The molecule has 0 unspecified atom stereocenters. The topological polar surface area (TPSA) is 14.2 Å². The molecular formula is C19H17NO. The minimum atomic E-state index is 1.06. The summed E-state index contributed by atoms with van der Waals surface area (Å²) in [5.41, 5.74) is 7.83. The zero-order valence-corrected chi connectivity index (χ0v) is 12.0. The van der Waals surface area contributed by atoms with Crippen molar-refractivity contribution in [1.82, 2.24) is 4.73 Å². The van der Waals surface area contributed by atoms with Crippen LogP contribution < -0.4 is 4.84 Å². The molecule has 2 heteroatoms. The number of rotatable bonds is 2. The van der Waals surface area contributed by atoms with E-state index in [0.717, 1.165) is 12.8 Å². The second kappa shape index (κ2) is 4.81. The lowest BCUT2D eigenvalue weighted by Crippen LogP contribution is -2.10. The van der Waals surface area contributed by atoms with Gasteiger partial charge in [-0.1, -0.05) is 54.6 Å². The Kier molecular flexibility index (Phi) is 2.81. The molecule has 3 aromatic rings. The first kappa shape index (κ1) is 12.3. The van der Waals surface area contributed by atoms with E-state index in [-0.39, 0.29) is 0 Å². The van der Waals surface area contributed by atoms with Gasteiger partial charge in [0, 0.05) is 11.1 Å². The highest BCUT2D eigenvalue weighted by Gasteiger charge is 2.24. The van der Waals surface area contributed by atoms with Crippen molar-refractivity contribution in [1.29, 1.82) is 0 Å². The van der Waals surface area contributed by atoms with Crippen LogP contribution in [0.15, 0.2) is 60.8 Å². The predicted molar refractivity (Wildman–Crippen MR) is 85.2 cm³/mol. The van der Waals surface area contributed by atoms with Crippen molar-refractivity contribution in [2.75, 3.05) is 7.11 Å². The number of aromatic nitrogens is 1. The van der Waals surface area contributed by atoms with Crippen LogP contribution >= 0.6 is 0 Å². The van der Waals surface area contributed by atoms with Gasteiger partial charge in [0.05, 0.1) is 11.9 Å². The fourth-order valence-electron chi connectivity index (χ4n) is 3.29. The summed E-state index contributed by atoms with van der Waals surface area (Å²) in [7, 11) is 1.73. The SMILES string of the molecule is COn1cc(-c2ccccc2)c2c1-c1ccccc1CC2. The molecule has 1 aliphatic rings. The number of benzene rings is 2. The number of hydrogen-bond acceptors (Lipinski definition) is 1. The Morgan fingerprint density at radius 3 is 2.43 bits per heavy atom. The molecule has 1 aromatic heterocycles. The summed E-state index contributed by atoms with van der Waals surface area (Å²) < 4.78 is 1.91. The molecule has 4 rings (SSSR count). The van der Waals surface area contributed by atoms with Gasteiger partial charge in [-0.15, -0.1) is 0 Å². The number of hydrogen-bond donors (Lipinski definition) is 0. The summed E-state index contributed by atoms with van der Waals surface area (Å²) in [5.74, 6) is 0. The number of fused-ring (bicyclic) bond motifs is 3. The van der Waals surface area contributed by atoms with Gasteiger partial charge in [-0.25, -0.2) is 0 Å².